The molecule has 3 aromatic rings. The molecule has 0 heterocycles. The van der Waals surface area contributed by atoms with Gasteiger partial charge in [0.15, 0.2) is 11.5 Å². The van der Waals surface area contributed by atoms with E-state index in [0.717, 1.165) is 29.4 Å². The predicted molar refractivity (Wildman–Crippen MR) is 168 cm³/mol. The SMILES string of the molecule is CCCCCCCCCCCCCCCCCCOc1cc2ccccc2c(N=Nc2ccc(OC)cc2)c1O. The van der Waals surface area contributed by atoms with Crippen LogP contribution in [0.15, 0.2) is 64.8 Å². The van der Waals surface area contributed by atoms with E-state index >= 15 is 0 Å². The summed E-state index contributed by atoms with van der Waals surface area (Å²) in [5.41, 5.74) is 1.11. The molecule has 5 nitrogen and oxygen atoms in total. The summed E-state index contributed by atoms with van der Waals surface area (Å²) >= 11 is 0. The lowest BCUT2D eigenvalue weighted by Crippen LogP contribution is -1.98. The molecule has 0 aliphatic heterocycles. The first-order chi connectivity index (χ1) is 19.7. The summed E-state index contributed by atoms with van der Waals surface area (Å²) in [4.78, 5) is 0. The van der Waals surface area contributed by atoms with Crippen molar-refractivity contribution < 1.29 is 14.6 Å². The fourth-order valence-corrected chi connectivity index (χ4v) is 5.09. The molecule has 0 radical (unpaired) electrons. The zero-order valence-electron chi connectivity index (χ0n) is 24.9. The number of azo groups is 1. The van der Waals surface area contributed by atoms with Crippen LogP contribution in [0.4, 0.5) is 11.4 Å². The Labute approximate surface area is 242 Å². The molecule has 218 valence electrons. The highest BCUT2D eigenvalue weighted by atomic mass is 16.5. The summed E-state index contributed by atoms with van der Waals surface area (Å²) in [6, 6.07) is 17.1. The molecule has 0 saturated carbocycles. The van der Waals surface area contributed by atoms with E-state index in [2.05, 4.69) is 17.2 Å². The standard InChI is InChI=1S/C35H50N2O3/c1-3-4-5-6-7-8-9-10-11-12-13-14-15-16-17-20-27-40-33-28-29-21-18-19-22-32(29)34(35(33)38)37-36-30-23-25-31(39-2)26-24-30/h18-19,21-26,28,38H,3-17,20,27H2,1-2H3. The fraction of sp³-hybridized carbons (Fsp3) is 0.543. The van der Waals surface area contributed by atoms with Crippen molar-refractivity contribution in [3.63, 3.8) is 0 Å². The van der Waals surface area contributed by atoms with E-state index in [1.165, 1.54) is 89.9 Å². The second kappa shape index (κ2) is 19.1. The van der Waals surface area contributed by atoms with E-state index in [4.69, 9.17) is 9.47 Å². The smallest absolute Gasteiger partial charge is 0.186 e. The number of phenolic OH excluding ortho intramolecular Hbond substituents is 1. The van der Waals surface area contributed by atoms with Gasteiger partial charge in [-0.15, -0.1) is 5.11 Å². The number of nitrogens with zero attached hydrogens (tertiary/aromatic N) is 2. The minimum atomic E-state index is 0.0347. The molecule has 0 aliphatic rings. The van der Waals surface area contributed by atoms with E-state index in [1.807, 2.05) is 54.6 Å². The van der Waals surface area contributed by atoms with Gasteiger partial charge >= 0.3 is 0 Å². The highest BCUT2D eigenvalue weighted by Gasteiger charge is 2.14. The molecule has 0 saturated heterocycles. The van der Waals surface area contributed by atoms with E-state index in [9.17, 15) is 5.11 Å². The third-order valence-electron chi connectivity index (χ3n) is 7.55. The van der Waals surface area contributed by atoms with Gasteiger partial charge in [-0.1, -0.05) is 128 Å². The first-order valence-corrected chi connectivity index (χ1v) is 15.7. The van der Waals surface area contributed by atoms with Crippen LogP contribution in [0.2, 0.25) is 0 Å². The van der Waals surface area contributed by atoms with E-state index < -0.39 is 0 Å². The highest BCUT2D eigenvalue weighted by molar-refractivity contribution is 5.97. The molecule has 0 unspecified atom stereocenters. The number of methoxy groups -OCH3 is 1. The second-order valence-electron chi connectivity index (χ2n) is 10.8. The highest BCUT2D eigenvalue weighted by Crippen LogP contribution is 2.43. The second-order valence-corrected chi connectivity index (χ2v) is 10.8. The zero-order valence-corrected chi connectivity index (χ0v) is 24.9. The fourth-order valence-electron chi connectivity index (χ4n) is 5.09. The number of unbranched alkanes of at least 4 members (excludes halogenated alkanes) is 15. The number of benzene rings is 3. The lowest BCUT2D eigenvalue weighted by molar-refractivity contribution is 0.289. The average molecular weight is 547 g/mol. The Morgan fingerprint density at radius 2 is 1.20 bits per heavy atom. The van der Waals surface area contributed by atoms with Gasteiger partial charge in [-0.3, -0.25) is 0 Å². The lowest BCUT2D eigenvalue weighted by atomic mass is 10.0. The van der Waals surface area contributed by atoms with Gasteiger partial charge in [-0.2, -0.15) is 5.11 Å². The molecular formula is C35H50N2O3. The summed E-state index contributed by atoms with van der Waals surface area (Å²) in [7, 11) is 1.63. The number of ether oxygens (including phenoxy) is 2. The van der Waals surface area contributed by atoms with E-state index in [0.29, 0.717) is 23.7 Å². The van der Waals surface area contributed by atoms with E-state index in [1.54, 1.807) is 7.11 Å². The van der Waals surface area contributed by atoms with Crippen LogP contribution in [0.25, 0.3) is 10.8 Å². The molecule has 5 heteroatoms. The van der Waals surface area contributed by atoms with Crippen molar-refractivity contribution in [1.82, 2.24) is 0 Å². The van der Waals surface area contributed by atoms with Gasteiger partial charge in [-0.05, 0) is 42.1 Å². The van der Waals surface area contributed by atoms with Crippen molar-refractivity contribution in [3.05, 3.63) is 54.6 Å². The molecule has 0 aliphatic carbocycles. The van der Waals surface area contributed by atoms with Gasteiger partial charge in [0, 0.05) is 5.39 Å². The molecule has 0 spiro atoms. The van der Waals surface area contributed by atoms with Crippen LogP contribution in [-0.2, 0) is 0 Å². The quantitative estimate of drug-likeness (QED) is 0.107. The normalized spacial score (nSPS) is 11.4. The Hall–Kier alpha value is -3.08. The maximum Gasteiger partial charge on any atom is 0.186 e. The molecule has 1 N–H and O–H groups in total. The molecule has 0 bridgehead atoms. The molecule has 40 heavy (non-hydrogen) atoms. The van der Waals surface area contributed by atoms with Crippen LogP contribution >= 0.6 is 0 Å². The van der Waals surface area contributed by atoms with Crippen LogP contribution in [-0.4, -0.2) is 18.8 Å². The Bertz CT molecular complexity index is 1130. The molecule has 3 rings (SSSR count). The molecular weight excluding hydrogens is 496 g/mol. The van der Waals surface area contributed by atoms with Gasteiger partial charge < -0.3 is 14.6 Å². The number of hydrogen-bond acceptors (Lipinski definition) is 5. The van der Waals surface area contributed by atoms with Gasteiger partial charge in [0.05, 0.1) is 19.4 Å². The van der Waals surface area contributed by atoms with Crippen LogP contribution < -0.4 is 9.47 Å². The summed E-state index contributed by atoms with van der Waals surface area (Å²) in [6.07, 6.45) is 21.5. The molecule has 3 aromatic carbocycles. The van der Waals surface area contributed by atoms with Crippen molar-refractivity contribution in [2.24, 2.45) is 10.2 Å². The predicted octanol–water partition coefficient (Wildman–Crippen LogP) is 11.6. The third kappa shape index (κ3) is 11.2. The maximum absolute atomic E-state index is 11.0. The van der Waals surface area contributed by atoms with Gasteiger partial charge in [0.1, 0.15) is 11.4 Å². The molecule has 0 aromatic heterocycles. The Kier molecular flexibility index (Phi) is 15.0. The Morgan fingerprint density at radius 1 is 0.650 bits per heavy atom. The molecule has 0 amide bonds. The van der Waals surface area contributed by atoms with Crippen molar-refractivity contribution >= 4 is 22.1 Å². The third-order valence-corrected chi connectivity index (χ3v) is 7.55. The van der Waals surface area contributed by atoms with Crippen molar-refractivity contribution in [3.8, 4) is 17.2 Å². The van der Waals surface area contributed by atoms with Crippen LogP contribution in [0.5, 0.6) is 17.2 Å². The minimum Gasteiger partial charge on any atom is -0.503 e. The van der Waals surface area contributed by atoms with Gasteiger partial charge in [-0.25, -0.2) is 0 Å². The van der Waals surface area contributed by atoms with Crippen LogP contribution in [0, 0.1) is 0 Å². The average Bonchev–Trinajstić information content (AvgIpc) is 2.98. The largest absolute Gasteiger partial charge is 0.503 e. The first kappa shape index (κ1) is 31.4. The summed E-state index contributed by atoms with van der Waals surface area (Å²) in [5, 5.41) is 21.5. The van der Waals surface area contributed by atoms with E-state index in [-0.39, 0.29) is 5.75 Å². The number of rotatable bonds is 21. The summed E-state index contributed by atoms with van der Waals surface area (Å²) in [5.74, 6) is 1.26. The minimum absolute atomic E-state index is 0.0347. The number of aromatic hydroxyl groups is 1. The van der Waals surface area contributed by atoms with Crippen LogP contribution in [0.1, 0.15) is 110 Å². The maximum atomic E-state index is 11.0. The lowest BCUT2D eigenvalue weighted by Gasteiger charge is -2.12. The summed E-state index contributed by atoms with van der Waals surface area (Å²) in [6.45, 7) is 2.86. The van der Waals surface area contributed by atoms with Gasteiger partial charge in [0.2, 0.25) is 0 Å². The Balaban J connectivity index is 1.34. The summed E-state index contributed by atoms with van der Waals surface area (Å²) < 4.78 is 11.2. The van der Waals surface area contributed by atoms with Crippen molar-refractivity contribution in [2.45, 2.75) is 110 Å². The van der Waals surface area contributed by atoms with Crippen molar-refractivity contribution in [2.75, 3.05) is 13.7 Å². The topological polar surface area (TPSA) is 63.4 Å². The zero-order chi connectivity index (χ0) is 28.3. The number of phenols is 1. The first-order valence-electron chi connectivity index (χ1n) is 15.7. The molecule has 0 fully saturated rings. The van der Waals surface area contributed by atoms with Crippen LogP contribution in [0.3, 0.4) is 0 Å². The molecule has 0 atom stereocenters. The number of fused-ring (bicyclic) bond motifs is 1. The monoisotopic (exact) mass is 546 g/mol. The van der Waals surface area contributed by atoms with Crippen molar-refractivity contribution in [1.29, 1.82) is 0 Å². The Morgan fingerprint density at radius 3 is 1.77 bits per heavy atom. The number of hydrogen-bond donors (Lipinski definition) is 1. The van der Waals surface area contributed by atoms with Gasteiger partial charge in [0.25, 0.3) is 0 Å².